The van der Waals surface area contributed by atoms with Gasteiger partial charge >= 0.3 is 0 Å². The fourth-order valence-corrected chi connectivity index (χ4v) is 3.57. The van der Waals surface area contributed by atoms with Crippen molar-refractivity contribution in [2.24, 2.45) is 18.7 Å². The van der Waals surface area contributed by atoms with E-state index in [-0.39, 0.29) is 11.8 Å². The number of hydrogen-bond donors (Lipinski definition) is 2. The fraction of sp³-hybridized carbons (Fsp3) is 0.500. The predicted octanol–water partition coefficient (Wildman–Crippen LogP) is 2.06. The van der Waals surface area contributed by atoms with Crippen LogP contribution in [0.2, 0.25) is 0 Å². The van der Waals surface area contributed by atoms with Crippen LogP contribution in [0.25, 0.3) is 10.9 Å². The van der Waals surface area contributed by atoms with E-state index in [0.29, 0.717) is 13.1 Å². The molecule has 1 aliphatic carbocycles. The maximum atomic E-state index is 12.3. The molecule has 1 aliphatic rings. The number of fused-ring (bicyclic) bond motifs is 3. The molecule has 0 fully saturated rings. The van der Waals surface area contributed by atoms with Crippen molar-refractivity contribution < 1.29 is 4.79 Å². The highest BCUT2D eigenvalue weighted by Crippen LogP contribution is 2.34. The van der Waals surface area contributed by atoms with E-state index in [4.69, 9.17) is 5.73 Å². The standard InChI is InChI=1S/C18H25N3O/c1-12-4-6-16-14(10-12)15-11-13(5-7-17(15)21(16)2)18(22)20-9-3-8-19/h4,6,10,13H,3,5,7-9,11,19H2,1-2H3,(H,20,22). The summed E-state index contributed by atoms with van der Waals surface area (Å²) in [6.07, 6.45) is 3.61. The Bertz CT molecular complexity index is 702. The fourth-order valence-electron chi connectivity index (χ4n) is 3.57. The molecule has 4 heteroatoms. The molecule has 3 N–H and O–H groups in total. The zero-order valence-corrected chi connectivity index (χ0v) is 13.5. The summed E-state index contributed by atoms with van der Waals surface area (Å²) in [6.45, 7) is 3.43. The van der Waals surface area contributed by atoms with E-state index in [1.807, 2.05) is 0 Å². The summed E-state index contributed by atoms with van der Waals surface area (Å²) in [6, 6.07) is 6.60. The van der Waals surface area contributed by atoms with E-state index in [1.54, 1.807) is 0 Å². The van der Waals surface area contributed by atoms with Crippen LogP contribution in [-0.2, 0) is 24.7 Å². The molecule has 0 spiro atoms. The molecule has 118 valence electrons. The molecule has 1 amide bonds. The smallest absolute Gasteiger partial charge is 0.223 e. The van der Waals surface area contributed by atoms with Crippen molar-refractivity contribution in [3.8, 4) is 0 Å². The highest BCUT2D eigenvalue weighted by Gasteiger charge is 2.28. The average Bonchev–Trinajstić information content (AvgIpc) is 2.79. The number of amides is 1. The van der Waals surface area contributed by atoms with Gasteiger partial charge in [-0.25, -0.2) is 0 Å². The minimum absolute atomic E-state index is 0.0939. The van der Waals surface area contributed by atoms with Gasteiger partial charge in [0, 0.05) is 36.1 Å². The average molecular weight is 299 g/mol. The first-order chi connectivity index (χ1) is 10.6. The van der Waals surface area contributed by atoms with E-state index in [0.717, 1.165) is 25.7 Å². The number of nitrogens with one attached hydrogen (secondary N) is 1. The van der Waals surface area contributed by atoms with E-state index < -0.39 is 0 Å². The van der Waals surface area contributed by atoms with Crippen LogP contribution < -0.4 is 11.1 Å². The third-order valence-electron chi connectivity index (χ3n) is 4.82. The summed E-state index contributed by atoms with van der Waals surface area (Å²) < 4.78 is 2.30. The second-order valence-electron chi connectivity index (χ2n) is 6.38. The molecular weight excluding hydrogens is 274 g/mol. The maximum absolute atomic E-state index is 12.3. The second kappa shape index (κ2) is 6.13. The number of aryl methyl sites for hydroxylation is 2. The molecule has 1 heterocycles. The lowest BCUT2D eigenvalue weighted by atomic mass is 9.85. The Morgan fingerprint density at radius 2 is 2.27 bits per heavy atom. The van der Waals surface area contributed by atoms with Crippen LogP contribution in [0.15, 0.2) is 18.2 Å². The van der Waals surface area contributed by atoms with Crippen LogP contribution in [0.4, 0.5) is 0 Å². The van der Waals surface area contributed by atoms with Gasteiger partial charge < -0.3 is 15.6 Å². The molecule has 1 atom stereocenters. The Morgan fingerprint density at radius 3 is 3.05 bits per heavy atom. The zero-order valence-electron chi connectivity index (χ0n) is 13.5. The third-order valence-corrected chi connectivity index (χ3v) is 4.82. The summed E-state index contributed by atoms with van der Waals surface area (Å²) >= 11 is 0. The summed E-state index contributed by atoms with van der Waals surface area (Å²) in [5.74, 6) is 0.278. The first kappa shape index (κ1) is 15.1. The molecule has 22 heavy (non-hydrogen) atoms. The summed E-state index contributed by atoms with van der Waals surface area (Å²) in [4.78, 5) is 12.3. The molecule has 3 rings (SSSR count). The van der Waals surface area contributed by atoms with Gasteiger partial charge in [-0.3, -0.25) is 4.79 Å². The van der Waals surface area contributed by atoms with Gasteiger partial charge in [0.2, 0.25) is 5.91 Å². The van der Waals surface area contributed by atoms with Crippen molar-refractivity contribution in [3.05, 3.63) is 35.0 Å². The minimum atomic E-state index is 0.0939. The number of nitrogens with zero attached hydrogens (tertiary/aromatic N) is 1. The van der Waals surface area contributed by atoms with Crippen LogP contribution in [-0.4, -0.2) is 23.6 Å². The van der Waals surface area contributed by atoms with E-state index in [2.05, 4.69) is 42.1 Å². The third kappa shape index (κ3) is 2.63. The van der Waals surface area contributed by atoms with Crippen molar-refractivity contribution in [3.63, 3.8) is 0 Å². The number of benzene rings is 1. The van der Waals surface area contributed by atoms with Crippen LogP contribution >= 0.6 is 0 Å². The van der Waals surface area contributed by atoms with E-state index in [1.165, 1.54) is 27.7 Å². The Kier molecular flexibility index (Phi) is 4.21. The first-order valence-electron chi connectivity index (χ1n) is 8.16. The van der Waals surface area contributed by atoms with Gasteiger partial charge in [0.15, 0.2) is 0 Å². The maximum Gasteiger partial charge on any atom is 0.223 e. The predicted molar refractivity (Wildman–Crippen MR) is 89.9 cm³/mol. The molecule has 0 saturated carbocycles. The van der Waals surface area contributed by atoms with Crippen molar-refractivity contribution in [1.82, 2.24) is 9.88 Å². The number of hydrogen-bond acceptors (Lipinski definition) is 2. The summed E-state index contributed by atoms with van der Waals surface area (Å²) in [5.41, 5.74) is 10.8. The summed E-state index contributed by atoms with van der Waals surface area (Å²) in [7, 11) is 2.14. The lowest BCUT2D eigenvalue weighted by Gasteiger charge is -2.22. The molecule has 1 aromatic carbocycles. The lowest BCUT2D eigenvalue weighted by molar-refractivity contribution is -0.125. The van der Waals surface area contributed by atoms with Crippen molar-refractivity contribution in [2.75, 3.05) is 13.1 Å². The topological polar surface area (TPSA) is 60.0 Å². The SMILES string of the molecule is Cc1ccc2c(c1)c1c(n2C)CCC(C(=O)NCCCN)C1. The number of aromatic nitrogens is 1. The van der Waals surface area contributed by atoms with Gasteiger partial charge in [-0.1, -0.05) is 11.6 Å². The Hall–Kier alpha value is -1.81. The Labute approximate surface area is 131 Å². The first-order valence-corrected chi connectivity index (χ1v) is 8.16. The number of rotatable bonds is 4. The van der Waals surface area contributed by atoms with Crippen molar-refractivity contribution in [2.45, 2.75) is 32.6 Å². The van der Waals surface area contributed by atoms with E-state index in [9.17, 15) is 4.79 Å². The second-order valence-corrected chi connectivity index (χ2v) is 6.38. The molecule has 1 aromatic heterocycles. The van der Waals surface area contributed by atoms with Crippen LogP contribution in [0.3, 0.4) is 0 Å². The zero-order chi connectivity index (χ0) is 15.7. The van der Waals surface area contributed by atoms with Gasteiger partial charge in [0.25, 0.3) is 0 Å². The van der Waals surface area contributed by atoms with Crippen LogP contribution in [0.5, 0.6) is 0 Å². The van der Waals surface area contributed by atoms with E-state index >= 15 is 0 Å². The number of nitrogens with two attached hydrogens (primary N) is 1. The number of carbonyl (C=O) groups excluding carboxylic acids is 1. The summed E-state index contributed by atoms with van der Waals surface area (Å²) in [5, 5.41) is 4.34. The Balaban J connectivity index is 1.86. The van der Waals surface area contributed by atoms with Crippen molar-refractivity contribution in [1.29, 1.82) is 0 Å². The number of carbonyl (C=O) groups is 1. The van der Waals surface area contributed by atoms with Crippen LogP contribution in [0, 0.1) is 12.8 Å². The molecule has 0 bridgehead atoms. The van der Waals surface area contributed by atoms with Gasteiger partial charge in [-0.2, -0.15) is 0 Å². The molecule has 0 saturated heterocycles. The lowest BCUT2D eigenvalue weighted by Crippen LogP contribution is -2.35. The van der Waals surface area contributed by atoms with Gasteiger partial charge in [-0.15, -0.1) is 0 Å². The minimum Gasteiger partial charge on any atom is -0.356 e. The molecular formula is C18H25N3O. The highest BCUT2D eigenvalue weighted by molar-refractivity contribution is 5.88. The van der Waals surface area contributed by atoms with Crippen molar-refractivity contribution >= 4 is 16.8 Å². The normalized spacial score (nSPS) is 17.5. The van der Waals surface area contributed by atoms with Gasteiger partial charge in [0.1, 0.15) is 0 Å². The quantitative estimate of drug-likeness (QED) is 0.849. The molecule has 2 aromatic rings. The Morgan fingerprint density at radius 1 is 1.45 bits per heavy atom. The highest BCUT2D eigenvalue weighted by atomic mass is 16.1. The van der Waals surface area contributed by atoms with Gasteiger partial charge in [-0.05, 0) is 56.8 Å². The largest absolute Gasteiger partial charge is 0.356 e. The molecule has 0 aliphatic heterocycles. The van der Waals surface area contributed by atoms with Gasteiger partial charge in [0.05, 0.1) is 0 Å². The molecule has 0 radical (unpaired) electrons. The monoisotopic (exact) mass is 299 g/mol. The molecule has 1 unspecified atom stereocenters. The van der Waals surface area contributed by atoms with Crippen LogP contribution in [0.1, 0.15) is 29.7 Å². The molecule has 4 nitrogen and oxygen atoms in total.